The Labute approximate surface area is 155 Å². The molecule has 3 rings (SSSR count). The van der Waals surface area contributed by atoms with Gasteiger partial charge in [-0.1, -0.05) is 48.6 Å². The third-order valence-corrected chi connectivity index (χ3v) is 4.71. The number of rotatable bonds is 7. The molecule has 1 fully saturated rings. The van der Waals surface area contributed by atoms with Crippen LogP contribution in [-0.4, -0.2) is 34.9 Å². The number of aromatic nitrogens is 1. The number of likely N-dealkylation sites (tertiary alicyclic amines) is 1. The molecule has 0 radical (unpaired) electrons. The van der Waals surface area contributed by atoms with Gasteiger partial charge in [0.25, 0.3) is 0 Å². The quantitative estimate of drug-likeness (QED) is 0.830. The average Bonchev–Trinajstić information content (AvgIpc) is 2.68. The molecule has 136 valence electrons. The maximum Gasteiger partial charge on any atom is 0.220 e. The third-order valence-electron chi connectivity index (χ3n) is 4.71. The van der Waals surface area contributed by atoms with Gasteiger partial charge in [0, 0.05) is 38.3 Å². The number of carbonyl (C=O) groups excluding carboxylic acids is 1. The van der Waals surface area contributed by atoms with E-state index in [1.807, 2.05) is 36.5 Å². The van der Waals surface area contributed by atoms with Crippen LogP contribution >= 0.6 is 0 Å². The number of hydrogen-bond acceptors (Lipinski definition) is 3. The molecule has 26 heavy (non-hydrogen) atoms. The Kier molecular flexibility index (Phi) is 6.96. The Morgan fingerprint density at radius 1 is 1.12 bits per heavy atom. The van der Waals surface area contributed by atoms with E-state index in [4.69, 9.17) is 0 Å². The summed E-state index contributed by atoms with van der Waals surface area (Å²) in [6, 6.07) is 16.5. The van der Waals surface area contributed by atoms with E-state index in [0.29, 0.717) is 12.5 Å². The summed E-state index contributed by atoms with van der Waals surface area (Å²) < 4.78 is 0. The summed E-state index contributed by atoms with van der Waals surface area (Å²) in [6.45, 7) is 2.91. The number of allylic oxidation sites excluding steroid dienone is 1. The van der Waals surface area contributed by atoms with Crippen LogP contribution in [0.2, 0.25) is 0 Å². The van der Waals surface area contributed by atoms with Crippen molar-refractivity contribution in [2.45, 2.75) is 38.3 Å². The van der Waals surface area contributed by atoms with E-state index in [9.17, 15) is 4.79 Å². The largest absolute Gasteiger partial charge is 0.353 e. The minimum atomic E-state index is 0.158. The van der Waals surface area contributed by atoms with Crippen molar-refractivity contribution in [2.24, 2.45) is 0 Å². The number of benzene rings is 1. The highest BCUT2D eigenvalue weighted by molar-refractivity contribution is 5.76. The summed E-state index contributed by atoms with van der Waals surface area (Å²) in [5.74, 6) is 0.158. The molecule has 1 amide bonds. The van der Waals surface area contributed by atoms with Crippen LogP contribution in [0.25, 0.3) is 6.08 Å². The molecule has 0 aliphatic carbocycles. The van der Waals surface area contributed by atoms with Gasteiger partial charge < -0.3 is 5.32 Å². The Hall–Kier alpha value is -2.46. The van der Waals surface area contributed by atoms with Crippen LogP contribution in [0.15, 0.2) is 60.8 Å². The van der Waals surface area contributed by atoms with Crippen LogP contribution in [-0.2, 0) is 11.3 Å². The Morgan fingerprint density at radius 3 is 2.62 bits per heavy atom. The highest BCUT2D eigenvalue weighted by Gasteiger charge is 2.20. The van der Waals surface area contributed by atoms with Gasteiger partial charge in [-0.05, 0) is 37.0 Å². The lowest BCUT2D eigenvalue weighted by Gasteiger charge is -2.32. The van der Waals surface area contributed by atoms with Crippen molar-refractivity contribution in [3.63, 3.8) is 0 Å². The smallest absolute Gasteiger partial charge is 0.220 e. The SMILES string of the molecule is O=C(CCC=Cc1ccccc1)NC1CCN(Cc2ccccn2)CC1. The third kappa shape index (κ3) is 6.12. The second-order valence-corrected chi connectivity index (χ2v) is 6.79. The van der Waals surface area contributed by atoms with Crippen molar-refractivity contribution in [1.29, 1.82) is 0 Å². The normalized spacial score (nSPS) is 16.0. The van der Waals surface area contributed by atoms with Crippen molar-refractivity contribution in [3.8, 4) is 0 Å². The van der Waals surface area contributed by atoms with E-state index in [1.54, 1.807) is 0 Å². The van der Waals surface area contributed by atoms with Crippen molar-refractivity contribution >= 4 is 12.0 Å². The molecule has 1 N–H and O–H groups in total. The molecule has 1 aliphatic rings. The Bertz CT molecular complexity index is 692. The van der Waals surface area contributed by atoms with Gasteiger partial charge in [-0.2, -0.15) is 0 Å². The molecule has 4 heteroatoms. The predicted molar refractivity (Wildman–Crippen MR) is 105 cm³/mol. The van der Waals surface area contributed by atoms with E-state index >= 15 is 0 Å². The van der Waals surface area contributed by atoms with Crippen molar-refractivity contribution < 1.29 is 4.79 Å². The number of carbonyl (C=O) groups is 1. The number of nitrogens with one attached hydrogen (secondary N) is 1. The lowest BCUT2D eigenvalue weighted by molar-refractivity contribution is -0.122. The van der Waals surface area contributed by atoms with Crippen molar-refractivity contribution in [1.82, 2.24) is 15.2 Å². The first-order chi connectivity index (χ1) is 12.8. The monoisotopic (exact) mass is 349 g/mol. The van der Waals surface area contributed by atoms with Gasteiger partial charge in [-0.3, -0.25) is 14.7 Å². The van der Waals surface area contributed by atoms with E-state index in [1.165, 1.54) is 5.56 Å². The zero-order valence-corrected chi connectivity index (χ0v) is 15.2. The molecule has 2 aromatic rings. The summed E-state index contributed by atoms with van der Waals surface area (Å²) in [4.78, 5) is 18.9. The molecule has 0 saturated carbocycles. The molecule has 1 aliphatic heterocycles. The zero-order valence-electron chi connectivity index (χ0n) is 15.2. The van der Waals surface area contributed by atoms with Gasteiger partial charge in [0.2, 0.25) is 5.91 Å². The molecule has 2 heterocycles. The number of nitrogens with zero attached hydrogens (tertiary/aromatic N) is 2. The molecule has 1 saturated heterocycles. The summed E-state index contributed by atoms with van der Waals surface area (Å²) in [7, 11) is 0. The van der Waals surface area contributed by atoms with Crippen LogP contribution in [0, 0.1) is 0 Å². The lowest BCUT2D eigenvalue weighted by atomic mass is 10.0. The summed E-state index contributed by atoms with van der Waals surface area (Å²) in [5, 5.41) is 3.19. The van der Waals surface area contributed by atoms with E-state index in [0.717, 1.165) is 44.6 Å². The minimum Gasteiger partial charge on any atom is -0.353 e. The number of hydrogen-bond donors (Lipinski definition) is 1. The summed E-state index contributed by atoms with van der Waals surface area (Å²) in [5.41, 5.74) is 2.29. The summed E-state index contributed by atoms with van der Waals surface area (Å²) in [6.07, 6.45) is 9.34. The van der Waals surface area contributed by atoms with Gasteiger partial charge in [0.15, 0.2) is 0 Å². The first-order valence-corrected chi connectivity index (χ1v) is 9.43. The molecule has 4 nitrogen and oxygen atoms in total. The maximum absolute atomic E-state index is 12.1. The van der Waals surface area contributed by atoms with Crippen LogP contribution in [0.3, 0.4) is 0 Å². The Morgan fingerprint density at radius 2 is 1.88 bits per heavy atom. The Balaban J connectivity index is 1.32. The molecule has 1 aromatic carbocycles. The number of pyridine rings is 1. The van der Waals surface area contributed by atoms with Crippen molar-refractivity contribution in [2.75, 3.05) is 13.1 Å². The van der Waals surface area contributed by atoms with Crippen LogP contribution in [0.1, 0.15) is 36.9 Å². The molecular formula is C22H27N3O. The standard InChI is InChI=1S/C22H27N3O/c26-22(12-5-4-10-19-8-2-1-3-9-19)24-20-13-16-25(17-14-20)18-21-11-6-7-15-23-21/h1-4,6-11,15,20H,5,12-14,16-18H2,(H,24,26). The molecule has 0 atom stereocenters. The van der Waals surface area contributed by atoms with Gasteiger partial charge in [-0.15, -0.1) is 0 Å². The average molecular weight is 349 g/mol. The first kappa shape index (κ1) is 18.3. The molecular weight excluding hydrogens is 322 g/mol. The minimum absolute atomic E-state index is 0.158. The highest BCUT2D eigenvalue weighted by Crippen LogP contribution is 2.13. The lowest BCUT2D eigenvalue weighted by Crippen LogP contribution is -2.44. The predicted octanol–water partition coefficient (Wildman–Crippen LogP) is 3.66. The van der Waals surface area contributed by atoms with Gasteiger partial charge in [0.1, 0.15) is 0 Å². The maximum atomic E-state index is 12.1. The van der Waals surface area contributed by atoms with E-state index in [2.05, 4.69) is 45.6 Å². The topological polar surface area (TPSA) is 45.2 Å². The molecule has 0 unspecified atom stereocenters. The fraction of sp³-hybridized carbons (Fsp3) is 0.364. The van der Waals surface area contributed by atoms with Crippen LogP contribution in [0.4, 0.5) is 0 Å². The fourth-order valence-electron chi connectivity index (χ4n) is 3.25. The van der Waals surface area contributed by atoms with Crippen LogP contribution < -0.4 is 5.32 Å². The van der Waals surface area contributed by atoms with Gasteiger partial charge in [0.05, 0.1) is 5.69 Å². The molecule has 1 aromatic heterocycles. The number of piperidine rings is 1. The van der Waals surface area contributed by atoms with Crippen LogP contribution in [0.5, 0.6) is 0 Å². The fourth-order valence-corrected chi connectivity index (χ4v) is 3.25. The van der Waals surface area contributed by atoms with Gasteiger partial charge >= 0.3 is 0 Å². The zero-order chi connectivity index (χ0) is 18.0. The van der Waals surface area contributed by atoms with E-state index in [-0.39, 0.29) is 5.91 Å². The molecule has 0 bridgehead atoms. The second kappa shape index (κ2) is 9.88. The number of amides is 1. The van der Waals surface area contributed by atoms with E-state index < -0.39 is 0 Å². The second-order valence-electron chi connectivity index (χ2n) is 6.79. The summed E-state index contributed by atoms with van der Waals surface area (Å²) >= 11 is 0. The van der Waals surface area contributed by atoms with Gasteiger partial charge in [-0.25, -0.2) is 0 Å². The first-order valence-electron chi connectivity index (χ1n) is 9.43. The highest BCUT2D eigenvalue weighted by atomic mass is 16.1. The molecule has 0 spiro atoms. The van der Waals surface area contributed by atoms with Crippen molar-refractivity contribution in [3.05, 3.63) is 72.1 Å².